The second kappa shape index (κ2) is 3.34. The maximum atomic E-state index is 9.74. The summed E-state index contributed by atoms with van der Waals surface area (Å²) in [4.78, 5) is 0. The largest absolute Gasteiger partial charge is 0.508 e. The normalized spacial score (nSPS) is 24.8. The number of aliphatic hydroxyl groups is 1. The van der Waals surface area contributed by atoms with Gasteiger partial charge < -0.3 is 5.11 Å². The van der Waals surface area contributed by atoms with Crippen molar-refractivity contribution in [2.75, 3.05) is 0 Å². The van der Waals surface area contributed by atoms with Crippen LogP contribution in [0, 0.1) is 11.8 Å². The predicted octanol–water partition coefficient (Wildman–Crippen LogP) is 3.44. The standard InChI is InChI=1S/C11H18O/c1-7(2)10-6-8(3)5-9(4)11(10)12/h6-8,12H,5H2,1-4H3. The summed E-state index contributed by atoms with van der Waals surface area (Å²) in [6, 6.07) is 0. The first kappa shape index (κ1) is 9.37. The molecule has 0 radical (unpaired) electrons. The molecule has 0 saturated carbocycles. The van der Waals surface area contributed by atoms with Gasteiger partial charge in [-0.05, 0) is 36.3 Å². The van der Waals surface area contributed by atoms with Gasteiger partial charge in [0.1, 0.15) is 5.76 Å². The summed E-state index contributed by atoms with van der Waals surface area (Å²) in [5.74, 6) is 1.55. The van der Waals surface area contributed by atoms with Gasteiger partial charge in [-0.3, -0.25) is 0 Å². The highest BCUT2D eigenvalue weighted by molar-refractivity contribution is 5.34. The third-order valence-electron chi connectivity index (χ3n) is 2.39. The van der Waals surface area contributed by atoms with Gasteiger partial charge in [0.2, 0.25) is 0 Å². The van der Waals surface area contributed by atoms with E-state index in [1.807, 2.05) is 6.92 Å². The Hall–Kier alpha value is -0.720. The molecule has 0 aromatic heterocycles. The zero-order valence-electron chi connectivity index (χ0n) is 8.39. The van der Waals surface area contributed by atoms with Crippen LogP contribution in [-0.2, 0) is 0 Å². The van der Waals surface area contributed by atoms with Gasteiger partial charge in [0.15, 0.2) is 0 Å². The van der Waals surface area contributed by atoms with Crippen molar-refractivity contribution in [3.63, 3.8) is 0 Å². The zero-order chi connectivity index (χ0) is 9.30. The fourth-order valence-electron chi connectivity index (χ4n) is 1.74. The van der Waals surface area contributed by atoms with E-state index >= 15 is 0 Å². The first-order valence-electron chi connectivity index (χ1n) is 4.63. The highest BCUT2D eigenvalue weighted by Crippen LogP contribution is 2.30. The van der Waals surface area contributed by atoms with E-state index in [2.05, 4.69) is 26.8 Å². The van der Waals surface area contributed by atoms with Gasteiger partial charge in [-0.2, -0.15) is 0 Å². The van der Waals surface area contributed by atoms with Crippen molar-refractivity contribution in [3.8, 4) is 0 Å². The third-order valence-corrected chi connectivity index (χ3v) is 2.39. The number of aliphatic hydroxyl groups excluding tert-OH is 1. The molecule has 0 aromatic carbocycles. The Bertz CT molecular complexity index is 233. The van der Waals surface area contributed by atoms with Crippen molar-refractivity contribution in [2.24, 2.45) is 11.8 Å². The molecular weight excluding hydrogens is 148 g/mol. The first-order chi connectivity index (χ1) is 5.52. The monoisotopic (exact) mass is 166 g/mol. The van der Waals surface area contributed by atoms with E-state index in [1.54, 1.807) is 0 Å². The molecule has 1 aliphatic rings. The lowest BCUT2D eigenvalue weighted by molar-refractivity contribution is 0.390. The van der Waals surface area contributed by atoms with Crippen LogP contribution in [-0.4, -0.2) is 5.11 Å². The molecule has 0 bridgehead atoms. The van der Waals surface area contributed by atoms with E-state index < -0.39 is 0 Å². The van der Waals surface area contributed by atoms with Crippen LogP contribution in [0.4, 0.5) is 0 Å². The fourth-order valence-corrected chi connectivity index (χ4v) is 1.74. The van der Waals surface area contributed by atoms with E-state index in [9.17, 15) is 5.11 Å². The van der Waals surface area contributed by atoms with Gasteiger partial charge in [0, 0.05) is 0 Å². The summed E-state index contributed by atoms with van der Waals surface area (Å²) in [5, 5.41) is 9.74. The van der Waals surface area contributed by atoms with Crippen LogP contribution in [0.15, 0.2) is 23.0 Å². The van der Waals surface area contributed by atoms with Crippen molar-refractivity contribution in [1.82, 2.24) is 0 Å². The van der Waals surface area contributed by atoms with Crippen molar-refractivity contribution in [2.45, 2.75) is 34.1 Å². The Kier molecular flexibility index (Phi) is 2.61. The van der Waals surface area contributed by atoms with Crippen LogP contribution in [0.5, 0.6) is 0 Å². The molecule has 0 heterocycles. The average molecular weight is 166 g/mol. The maximum Gasteiger partial charge on any atom is 0.117 e. The van der Waals surface area contributed by atoms with Crippen LogP contribution >= 0.6 is 0 Å². The first-order valence-corrected chi connectivity index (χ1v) is 4.63. The fraction of sp³-hybridized carbons (Fsp3) is 0.636. The van der Waals surface area contributed by atoms with Crippen molar-refractivity contribution in [1.29, 1.82) is 0 Å². The number of hydrogen-bond donors (Lipinski definition) is 1. The van der Waals surface area contributed by atoms with Gasteiger partial charge in [0.05, 0.1) is 0 Å². The van der Waals surface area contributed by atoms with E-state index in [0.717, 1.165) is 17.6 Å². The molecule has 0 saturated heterocycles. The minimum absolute atomic E-state index is 0.433. The predicted molar refractivity (Wildman–Crippen MR) is 52.0 cm³/mol. The molecule has 1 heteroatoms. The number of rotatable bonds is 1. The Morgan fingerprint density at radius 3 is 2.58 bits per heavy atom. The Labute approximate surface area is 74.8 Å². The maximum absolute atomic E-state index is 9.74. The summed E-state index contributed by atoms with van der Waals surface area (Å²) in [6.07, 6.45) is 3.19. The second-order valence-electron chi connectivity index (χ2n) is 4.09. The Balaban J connectivity index is 2.96. The van der Waals surface area contributed by atoms with Gasteiger partial charge in [-0.1, -0.05) is 26.8 Å². The highest BCUT2D eigenvalue weighted by Gasteiger charge is 2.18. The van der Waals surface area contributed by atoms with Crippen LogP contribution in [0.3, 0.4) is 0 Å². The van der Waals surface area contributed by atoms with E-state index in [4.69, 9.17) is 0 Å². The summed E-state index contributed by atoms with van der Waals surface area (Å²) >= 11 is 0. The molecule has 0 fully saturated rings. The highest BCUT2D eigenvalue weighted by atomic mass is 16.3. The quantitative estimate of drug-likeness (QED) is 0.632. The molecule has 0 amide bonds. The topological polar surface area (TPSA) is 20.2 Å². The molecule has 1 aliphatic carbocycles. The molecule has 1 N–H and O–H groups in total. The van der Waals surface area contributed by atoms with Crippen molar-refractivity contribution in [3.05, 3.63) is 23.0 Å². The van der Waals surface area contributed by atoms with Crippen LogP contribution in [0.1, 0.15) is 34.1 Å². The third kappa shape index (κ3) is 1.71. The summed E-state index contributed by atoms with van der Waals surface area (Å²) < 4.78 is 0. The minimum atomic E-state index is 0.433. The van der Waals surface area contributed by atoms with Crippen LogP contribution in [0.25, 0.3) is 0 Å². The molecule has 1 rings (SSSR count). The summed E-state index contributed by atoms with van der Waals surface area (Å²) in [7, 11) is 0. The smallest absolute Gasteiger partial charge is 0.117 e. The second-order valence-corrected chi connectivity index (χ2v) is 4.09. The molecule has 0 spiro atoms. The van der Waals surface area contributed by atoms with Gasteiger partial charge in [-0.15, -0.1) is 0 Å². The van der Waals surface area contributed by atoms with Gasteiger partial charge >= 0.3 is 0 Å². The summed E-state index contributed by atoms with van der Waals surface area (Å²) in [6.45, 7) is 8.44. The molecule has 0 aliphatic heterocycles. The lowest BCUT2D eigenvalue weighted by Gasteiger charge is -2.21. The summed E-state index contributed by atoms with van der Waals surface area (Å²) in [5.41, 5.74) is 2.25. The molecule has 68 valence electrons. The molecule has 1 nitrogen and oxygen atoms in total. The minimum Gasteiger partial charge on any atom is -0.508 e. The zero-order valence-corrected chi connectivity index (χ0v) is 8.39. The van der Waals surface area contributed by atoms with Crippen LogP contribution in [0.2, 0.25) is 0 Å². The SMILES string of the molecule is CC1=C(O)C(C(C)C)=CC(C)C1. The Morgan fingerprint density at radius 2 is 2.08 bits per heavy atom. The van der Waals surface area contributed by atoms with Crippen molar-refractivity contribution < 1.29 is 5.11 Å². The van der Waals surface area contributed by atoms with Crippen molar-refractivity contribution >= 4 is 0 Å². The average Bonchev–Trinajstić information content (AvgIpc) is 1.96. The van der Waals surface area contributed by atoms with Gasteiger partial charge in [-0.25, -0.2) is 0 Å². The lowest BCUT2D eigenvalue weighted by atomic mass is 9.86. The Morgan fingerprint density at radius 1 is 1.50 bits per heavy atom. The van der Waals surface area contributed by atoms with E-state index in [1.165, 1.54) is 0 Å². The van der Waals surface area contributed by atoms with E-state index in [-0.39, 0.29) is 0 Å². The molecule has 1 atom stereocenters. The molecular formula is C11H18O. The lowest BCUT2D eigenvalue weighted by Crippen LogP contribution is -2.09. The number of hydrogen-bond acceptors (Lipinski definition) is 1. The molecule has 12 heavy (non-hydrogen) atoms. The van der Waals surface area contributed by atoms with Crippen LogP contribution < -0.4 is 0 Å². The molecule has 0 aromatic rings. The number of allylic oxidation sites excluding steroid dienone is 3. The molecule has 1 unspecified atom stereocenters. The van der Waals surface area contributed by atoms with Gasteiger partial charge in [0.25, 0.3) is 0 Å². The van der Waals surface area contributed by atoms with E-state index in [0.29, 0.717) is 17.6 Å².